The van der Waals surface area contributed by atoms with Crippen molar-refractivity contribution in [2.45, 2.75) is 11.1 Å². The number of thiophene rings is 1. The third-order valence-electron chi connectivity index (χ3n) is 4.92. The summed E-state index contributed by atoms with van der Waals surface area (Å²) in [7, 11) is -2.21. The van der Waals surface area contributed by atoms with Gasteiger partial charge in [-0.3, -0.25) is 0 Å². The molecule has 0 radical (unpaired) electrons. The predicted molar refractivity (Wildman–Crippen MR) is 122 cm³/mol. The molecule has 0 unspecified atom stereocenters. The first-order valence-corrected chi connectivity index (χ1v) is 12.4. The van der Waals surface area contributed by atoms with Gasteiger partial charge in [-0.05, 0) is 54.1 Å². The van der Waals surface area contributed by atoms with Crippen LogP contribution < -0.4 is 0 Å². The second-order valence-electron chi connectivity index (χ2n) is 7.33. The molecule has 2 aromatic heterocycles. The molecule has 0 saturated carbocycles. The van der Waals surface area contributed by atoms with E-state index in [-0.39, 0.29) is 21.8 Å². The van der Waals surface area contributed by atoms with E-state index in [4.69, 9.17) is 4.74 Å². The second-order valence-corrected chi connectivity index (χ2v) is 10.4. The maximum absolute atomic E-state index is 13.5. The third kappa shape index (κ3) is 4.75. The van der Waals surface area contributed by atoms with Gasteiger partial charge in [-0.15, -0.1) is 11.3 Å². The highest BCUT2D eigenvalue weighted by atomic mass is 32.2. The Bertz CT molecular complexity index is 1490. The van der Waals surface area contributed by atoms with E-state index in [9.17, 15) is 26.4 Å². The molecule has 2 aromatic carbocycles. The minimum absolute atomic E-state index is 0.143. The van der Waals surface area contributed by atoms with E-state index in [1.165, 1.54) is 54.8 Å². The van der Waals surface area contributed by atoms with Crippen molar-refractivity contribution in [2.24, 2.45) is 0 Å². The molecule has 0 aliphatic heterocycles. The number of aromatic nitrogens is 2. The molecule has 2 heterocycles. The molecule has 0 aliphatic carbocycles. The van der Waals surface area contributed by atoms with Crippen molar-refractivity contribution in [3.8, 4) is 26.7 Å². The van der Waals surface area contributed by atoms with E-state index in [0.29, 0.717) is 15.3 Å². The van der Waals surface area contributed by atoms with Crippen LogP contribution in [0.4, 0.5) is 13.2 Å². The van der Waals surface area contributed by atoms with Gasteiger partial charge < -0.3 is 4.74 Å². The molecule has 0 N–H and O–H groups in total. The molecule has 11 heteroatoms. The zero-order valence-corrected chi connectivity index (χ0v) is 19.5. The molecule has 0 saturated heterocycles. The third-order valence-corrected chi connectivity index (χ3v) is 7.18. The monoisotopic (exact) mass is 506 g/mol. The Balaban J connectivity index is 1.83. The van der Waals surface area contributed by atoms with Gasteiger partial charge in [0.25, 0.3) is 0 Å². The fraction of sp³-hybridized carbons (Fsp3) is 0.130. The van der Waals surface area contributed by atoms with Crippen LogP contribution in [0.5, 0.6) is 0 Å². The summed E-state index contributed by atoms with van der Waals surface area (Å²) in [5, 5.41) is 3.75. The summed E-state index contributed by atoms with van der Waals surface area (Å²) >= 11 is 1.19. The van der Waals surface area contributed by atoms with Crippen molar-refractivity contribution >= 4 is 27.1 Å². The quantitative estimate of drug-likeness (QED) is 0.335. The van der Waals surface area contributed by atoms with Crippen LogP contribution in [0.1, 0.15) is 16.1 Å². The second kappa shape index (κ2) is 8.73. The average Bonchev–Trinajstić information content (AvgIpc) is 3.45. The van der Waals surface area contributed by atoms with E-state index < -0.39 is 27.7 Å². The first-order valence-electron chi connectivity index (χ1n) is 9.74. The molecule has 0 atom stereocenters. The zero-order valence-electron chi connectivity index (χ0n) is 17.8. The minimum atomic E-state index is -4.68. The lowest BCUT2D eigenvalue weighted by molar-refractivity contribution is -0.141. The number of nitrogens with zero attached hydrogens (tertiary/aromatic N) is 2. The summed E-state index contributed by atoms with van der Waals surface area (Å²) in [6.07, 6.45) is -3.57. The van der Waals surface area contributed by atoms with E-state index in [1.54, 1.807) is 24.3 Å². The lowest BCUT2D eigenvalue weighted by atomic mass is 10.2. The summed E-state index contributed by atoms with van der Waals surface area (Å²) < 4.78 is 70.1. The molecule has 6 nitrogen and oxygen atoms in total. The van der Waals surface area contributed by atoms with Gasteiger partial charge in [0.05, 0.1) is 33.8 Å². The number of rotatable bonds is 5. The van der Waals surface area contributed by atoms with Gasteiger partial charge >= 0.3 is 12.1 Å². The summed E-state index contributed by atoms with van der Waals surface area (Å²) in [5.41, 5.74) is 0.126. The smallest absolute Gasteiger partial charge is 0.435 e. The fourth-order valence-electron chi connectivity index (χ4n) is 3.29. The first kappa shape index (κ1) is 23.7. The van der Waals surface area contributed by atoms with Crippen molar-refractivity contribution in [1.82, 2.24) is 9.78 Å². The predicted octanol–water partition coefficient (Wildman–Crippen LogP) is 5.48. The standard InChI is InChI=1S/C23H17F3N2O4S2/c1-32-22(29)15-6-3-7-16(11-15)28-18(13-21(27-28)23(24,25)26)20-10-9-19(33-20)14-5-4-8-17(12-14)34(2,30)31/h3-13H,1-2H3. The van der Waals surface area contributed by atoms with Gasteiger partial charge in [0.2, 0.25) is 0 Å². The topological polar surface area (TPSA) is 78.3 Å². The Morgan fingerprint density at radius 1 is 1.00 bits per heavy atom. The number of alkyl halides is 3. The summed E-state index contributed by atoms with van der Waals surface area (Å²) in [6.45, 7) is 0. The Morgan fingerprint density at radius 3 is 2.38 bits per heavy atom. The van der Waals surface area contributed by atoms with Crippen LogP contribution in [-0.2, 0) is 20.8 Å². The van der Waals surface area contributed by atoms with Crippen molar-refractivity contribution in [3.63, 3.8) is 0 Å². The van der Waals surface area contributed by atoms with Gasteiger partial charge in [0.15, 0.2) is 15.5 Å². The summed E-state index contributed by atoms with van der Waals surface area (Å²) in [4.78, 5) is 13.2. The Morgan fingerprint density at radius 2 is 1.71 bits per heavy atom. The van der Waals surface area contributed by atoms with Crippen LogP contribution in [0, 0.1) is 0 Å². The number of ether oxygens (including phenoxy) is 1. The molecular formula is C23H17F3N2O4S2. The number of halogens is 3. The van der Waals surface area contributed by atoms with Gasteiger partial charge in [-0.25, -0.2) is 17.9 Å². The normalized spacial score (nSPS) is 12.0. The van der Waals surface area contributed by atoms with E-state index in [2.05, 4.69) is 5.10 Å². The Labute approximate surface area is 197 Å². The van der Waals surface area contributed by atoms with Gasteiger partial charge in [-0.2, -0.15) is 18.3 Å². The molecule has 0 amide bonds. The van der Waals surface area contributed by atoms with Crippen molar-refractivity contribution < 1.29 is 31.1 Å². The van der Waals surface area contributed by atoms with Crippen LogP contribution in [0.2, 0.25) is 0 Å². The van der Waals surface area contributed by atoms with Crippen molar-refractivity contribution in [3.05, 3.63) is 78.0 Å². The van der Waals surface area contributed by atoms with Gasteiger partial charge in [-0.1, -0.05) is 18.2 Å². The Kier molecular flexibility index (Phi) is 6.09. The zero-order chi connectivity index (χ0) is 24.7. The summed E-state index contributed by atoms with van der Waals surface area (Å²) in [6, 6.07) is 16.6. The number of benzene rings is 2. The highest BCUT2D eigenvalue weighted by molar-refractivity contribution is 7.90. The lowest BCUT2D eigenvalue weighted by Crippen LogP contribution is -2.08. The molecule has 0 aliphatic rings. The van der Waals surface area contributed by atoms with Crippen LogP contribution in [0.25, 0.3) is 26.7 Å². The molecule has 0 bridgehead atoms. The van der Waals surface area contributed by atoms with Crippen molar-refractivity contribution in [1.29, 1.82) is 0 Å². The van der Waals surface area contributed by atoms with E-state index >= 15 is 0 Å². The molecule has 4 rings (SSSR count). The van der Waals surface area contributed by atoms with Crippen LogP contribution in [0.15, 0.2) is 71.6 Å². The minimum Gasteiger partial charge on any atom is -0.465 e. The molecule has 34 heavy (non-hydrogen) atoms. The average molecular weight is 507 g/mol. The van der Waals surface area contributed by atoms with Crippen LogP contribution in [-0.4, -0.2) is 37.5 Å². The number of esters is 1. The molecule has 176 valence electrons. The van der Waals surface area contributed by atoms with Crippen LogP contribution in [0.3, 0.4) is 0 Å². The molecular weight excluding hydrogens is 489 g/mol. The fourth-order valence-corrected chi connectivity index (χ4v) is 4.96. The number of carbonyl (C=O) groups excluding carboxylic acids is 1. The largest absolute Gasteiger partial charge is 0.465 e. The maximum atomic E-state index is 13.5. The number of carbonyl (C=O) groups is 1. The molecule has 0 fully saturated rings. The number of sulfone groups is 1. The number of hydrogen-bond acceptors (Lipinski definition) is 6. The van der Waals surface area contributed by atoms with Crippen molar-refractivity contribution in [2.75, 3.05) is 13.4 Å². The number of hydrogen-bond donors (Lipinski definition) is 0. The van der Waals surface area contributed by atoms with E-state index in [1.807, 2.05) is 0 Å². The van der Waals surface area contributed by atoms with Gasteiger partial charge in [0, 0.05) is 11.1 Å². The Hall–Kier alpha value is -3.44. The highest BCUT2D eigenvalue weighted by Crippen LogP contribution is 2.39. The number of methoxy groups -OCH3 is 1. The lowest BCUT2D eigenvalue weighted by Gasteiger charge is -2.08. The SMILES string of the molecule is COC(=O)c1cccc(-n2nc(C(F)(F)F)cc2-c2ccc(-c3cccc(S(C)(=O)=O)c3)s2)c1. The molecule has 0 spiro atoms. The molecule has 4 aromatic rings. The first-order chi connectivity index (χ1) is 16.0. The maximum Gasteiger partial charge on any atom is 0.435 e. The highest BCUT2D eigenvalue weighted by Gasteiger charge is 2.35. The van der Waals surface area contributed by atoms with Crippen LogP contribution >= 0.6 is 11.3 Å². The van der Waals surface area contributed by atoms with E-state index in [0.717, 1.165) is 17.0 Å². The van der Waals surface area contributed by atoms with Gasteiger partial charge in [0.1, 0.15) is 0 Å². The summed E-state index contributed by atoms with van der Waals surface area (Å²) in [5.74, 6) is -0.629.